The molecule has 180 valence electrons. The fourth-order valence-corrected chi connectivity index (χ4v) is 8.47. The standard InChI is InChI=1S/C24H32FN3O4S/c25-18-6-2-3-7-19(18)28(33(31)32)24(8-4-1-5-9-24)22(30)27-20-16-10-15-11-17(20)14-23(12-15,13-16)21(26)29/h2-3,6-7,15-17,20H,1,4-5,8-14H2,(H2,26,29)(H,27,30)(H,31,32). The predicted octanol–water partition coefficient (Wildman–Crippen LogP) is 3.27. The van der Waals surface area contributed by atoms with Crippen molar-refractivity contribution in [3.63, 3.8) is 0 Å². The third-order valence-corrected chi connectivity index (χ3v) is 9.67. The molecule has 7 nitrogen and oxygen atoms in total. The summed E-state index contributed by atoms with van der Waals surface area (Å²) in [6.45, 7) is 0. The number of primary amides is 1. The van der Waals surface area contributed by atoms with Crippen LogP contribution in [-0.2, 0) is 20.9 Å². The van der Waals surface area contributed by atoms with Crippen molar-refractivity contribution < 1.29 is 22.7 Å². The van der Waals surface area contributed by atoms with E-state index in [-0.39, 0.29) is 35.4 Å². The smallest absolute Gasteiger partial charge is 0.262 e. The van der Waals surface area contributed by atoms with Crippen molar-refractivity contribution in [2.45, 2.75) is 75.8 Å². The van der Waals surface area contributed by atoms with Gasteiger partial charge in [-0.15, -0.1) is 0 Å². The van der Waals surface area contributed by atoms with Crippen molar-refractivity contribution in [3.05, 3.63) is 30.1 Å². The van der Waals surface area contributed by atoms with Gasteiger partial charge in [0.2, 0.25) is 11.8 Å². The highest BCUT2D eigenvalue weighted by Gasteiger charge is 2.59. The summed E-state index contributed by atoms with van der Waals surface area (Å²) in [7, 11) is 0. The highest BCUT2D eigenvalue weighted by atomic mass is 32.2. The molecular weight excluding hydrogens is 445 g/mol. The topological polar surface area (TPSA) is 113 Å². The zero-order valence-electron chi connectivity index (χ0n) is 18.7. The maximum atomic E-state index is 14.7. The van der Waals surface area contributed by atoms with E-state index >= 15 is 0 Å². The van der Waals surface area contributed by atoms with Gasteiger partial charge in [0.1, 0.15) is 11.4 Å². The van der Waals surface area contributed by atoms with Crippen LogP contribution in [0.5, 0.6) is 0 Å². The number of nitrogens with one attached hydrogen (secondary N) is 1. The molecule has 6 rings (SSSR count). The third-order valence-electron chi connectivity index (χ3n) is 8.81. The Kier molecular flexibility index (Phi) is 5.76. The van der Waals surface area contributed by atoms with Crippen LogP contribution >= 0.6 is 0 Å². The van der Waals surface area contributed by atoms with Crippen LogP contribution in [0.4, 0.5) is 10.1 Å². The van der Waals surface area contributed by atoms with Crippen LogP contribution in [0.2, 0.25) is 0 Å². The van der Waals surface area contributed by atoms with Gasteiger partial charge in [-0.25, -0.2) is 8.60 Å². The molecular formula is C24H32FN3O4S. The van der Waals surface area contributed by atoms with E-state index in [0.717, 1.165) is 42.8 Å². The van der Waals surface area contributed by atoms with Gasteiger partial charge in [0, 0.05) is 11.5 Å². The van der Waals surface area contributed by atoms with Gasteiger partial charge >= 0.3 is 0 Å². The van der Waals surface area contributed by atoms with E-state index in [1.165, 1.54) is 18.2 Å². The van der Waals surface area contributed by atoms with Gasteiger partial charge in [0.15, 0.2) is 0 Å². The van der Waals surface area contributed by atoms with E-state index in [0.29, 0.717) is 31.6 Å². The molecule has 0 aliphatic heterocycles. The summed E-state index contributed by atoms with van der Waals surface area (Å²) >= 11 is -2.57. The molecule has 4 N–H and O–H groups in total. The lowest BCUT2D eigenvalue weighted by Crippen LogP contribution is -2.67. The zero-order valence-corrected chi connectivity index (χ0v) is 19.5. The summed E-state index contributed by atoms with van der Waals surface area (Å²) in [6.07, 6.45) is 7.30. The van der Waals surface area contributed by atoms with Crippen LogP contribution in [0.3, 0.4) is 0 Å². The molecule has 5 aliphatic rings. The van der Waals surface area contributed by atoms with Crippen LogP contribution in [0.25, 0.3) is 0 Å². The average molecular weight is 478 g/mol. The van der Waals surface area contributed by atoms with Gasteiger partial charge in [-0.05, 0) is 74.8 Å². The van der Waals surface area contributed by atoms with Gasteiger partial charge in [-0.1, -0.05) is 31.4 Å². The molecule has 4 bridgehead atoms. The summed E-state index contributed by atoms with van der Waals surface area (Å²) in [4.78, 5) is 26.2. The van der Waals surface area contributed by atoms with Crippen LogP contribution in [0, 0.1) is 29.0 Å². The Morgan fingerprint density at radius 2 is 1.73 bits per heavy atom. The highest BCUT2D eigenvalue weighted by molar-refractivity contribution is 7.80. The van der Waals surface area contributed by atoms with Crippen molar-refractivity contribution in [2.24, 2.45) is 28.9 Å². The van der Waals surface area contributed by atoms with Gasteiger partial charge in [-0.3, -0.25) is 18.4 Å². The highest BCUT2D eigenvalue weighted by Crippen LogP contribution is 2.60. The first kappa shape index (κ1) is 22.8. The Balaban J connectivity index is 1.46. The summed E-state index contributed by atoms with van der Waals surface area (Å²) in [6, 6.07) is 5.73. The lowest BCUT2D eigenvalue weighted by molar-refractivity contribution is -0.148. The van der Waals surface area contributed by atoms with Gasteiger partial charge in [0.05, 0.1) is 5.69 Å². The van der Waals surface area contributed by atoms with Crippen molar-refractivity contribution in [3.8, 4) is 0 Å². The van der Waals surface area contributed by atoms with E-state index in [4.69, 9.17) is 5.73 Å². The number of para-hydroxylation sites is 1. The molecule has 33 heavy (non-hydrogen) atoms. The van der Waals surface area contributed by atoms with Gasteiger partial charge in [-0.2, -0.15) is 0 Å². The van der Waals surface area contributed by atoms with E-state index in [9.17, 15) is 22.7 Å². The minimum absolute atomic E-state index is 0.0341. The SMILES string of the molecule is NC(=O)C12CC3CC(C1)C(NC(=O)C1(N(c4ccccc4F)S(=O)O)CCCCC1)C(C3)C2. The number of carbonyl (C=O) groups excluding carboxylic acids is 2. The molecule has 0 spiro atoms. The van der Waals surface area contributed by atoms with E-state index in [1.807, 2.05) is 0 Å². The molecule has 9 heteroatoms. The van der Waals surface area contributed by atoms with E-state index in [2.05, 4.69) is 5.32 Å². The number of carbonyl (C=O) groups is 2. The van der Waals surface area contributed by atoms with Crippen LogP contribution in [-0.4, -0.2) is 32.2 Å². The lowest BCUT2D eigenvalue weighted by atomic mass is 9.47. The number of benzene rings is 1. The largest absolute Gasteiger partial charge is 0.369 e. The quantitative estimate of drug-likeness (QED) is 0.546. The summed E-state index contributed by atoms with van der Waals surface area (Å²) in [5.41, 5.74) is 4.02. The van der Waals surface area contributed by atoms with Gasteiger partial charge in [0.25, 0.3) is 11.3 Å². The van der Waals surface area contributed by atoms with Crippen LogP contribution in [0.1, 0.15) is 64.2 Å². The zero-order chi connectivity index (χ0) is 23.4. The molecule has 0 aromatic heterocycles. The minimum Gasteiger partial charge on any atom is -0.369 e. The van der Waals surface area contributed by atoms with Crippen molar-refractivity contribution in [2.75, 3.05) is 4.31 Å². The second-order valence-electron chi connectivity index (χ2n) is 10.7. The Labute approximate surface area is 196 Å². The normalized spacial score (nSPS) is 35.1. The maximum Gasteiger partial charge on any atom is 0.262 e. The van der Waals surface area contributed by atoms with Gasteiger partial charge < -0.3 is 11.1 Å². The monoisotopic (exact) mass is 477 g/mol. The number of nitrogens with two attached hydrogens (primary N) is 1. The molecule has 0 heterocycles. The van der Waals surface area contributed by atoms with Crippen molar-refractivity contribution >= 4 is 28.8 Å². The molecule has 0 radical (unpaired) electrons. The first-order valence-electron chi connectivity index (χ1n) is 12.0. The molecule has 0 saturated heterocycles. The molecule has 3 unspecified atom stereocenters. The molecule has 1 aromatic carbocycles. The number of amides is 2. The average Bonchev–Trinajstić information content (AvgIpc) is 2.77. The molecule has 1 aromatic rings. The number of anilines is 1. The van der Waals surface area contributed by atoms with E-state index < -0.39 is 28.0 Å². The van der Waals surface area contributed by atoms with Crippen LogP contribution in [0.15, 0.2) is 24.3 Å². The molecule has 5 aliphatic carbocycles. The maximum absolute atomic E-state index is 14.7. The first-order valence-corrected chi connectivity index (χ1v) is 13.1. The fourth-order valence-electron chi connectivity index (χ4n) is 7.59. The summed E-state index contributed by atoms with van der Waals surface area (Å²) in [5.74, 6) is -0.345. The summed E-state index contributed by atoms with van der Waals surface area (Å²) < 4.78 is 38.6. The predicted molar refractivity (Wildman–Crippen MR) is 123 cm³/mol. The Hall–Kier alpha value is -2.00. The van der Waals surface area contributed by atoms with Crippen molar-refractivity contribution in [1.29, 1.82) is 0 Å². The second-order valence-corrected chi connectivity index (χ2v) is 11.5. The third kappa shape index (κ3) is 3.67. The number of hydrogen-bond donors (Lipinski definition) is 3. The molecule has 3 atom stereocenters. The fraction of sp³-hybridized carbons (Fsp3) is 0.667. The number of rotatable bonds is 6. The number of halogens is 1. The first-order chi connectivity index (χ1) is 15.8. The second kappa shape index (κ2) is 8.34. The molecule has 5 saturated carbocycles. The Morgan fingerprint density at radius 3 is 2.30 bits per heavy atom. The number of nitrogens with zero attached hydrogens (tertiary/aromatic N) is 1. The molecule has 5 fully saturated rings. The lowest BCUT2D eigenvalue weighted by Gasteiger charge is -2.59. The van der Waals surface area contributed by atoms with Crippen LogP contribution < -0.4 is 15.4 Å². The number of hydrogen-bond acceptors (Lipinski definition) is 3. The minimum atomic E-state index is -2.57. The summed E-state index contributed by atoms with van der Waals surface area (Å²) in [5, 5.41) is 3.25. The Bertz CT molecular complexity index is 966. The van der Waals surface area contributed by atoms with Crippen molar-refractivity contribution in [1.82, 2.24) is 5.32 Å². The molecule has 2 amide bonds. The van der Waals surface area contributed by atoms with E-state index in [1.54, 1.807) is 6.07 Å². The Morgan fingerprint density at radius 1 is 1.09 bits per heavy atom.